The summed E-state index contributed by atoms with van der Waals surface area (Å²) < 4.78 is 6.28. The van der Waals surface area contributed by atoms with Crippen molar-refractivity contribution >= 4 is 0 Å². The molecule has 0 saturated heterocycles. The first-order valence-corrected chi connectivity index (χ1v) is 7.48. The second-order valence-corrected chi connectivity index (χ2v) is 6.65. The SMILES string of the molecule is N#Cc1ccc(OC2C3CC4CC(C3)CC2C4)cc1. The van der Waals surface area contributed by atoms with Crippen LogP contribution in [0.3, 0.4) is 0 Å². The third-order valence-corrected chi connectivity index (χ3v) is 5.40. The lowest BCUT2D eigenvalue weighted by molar-refractivity contribution is -0.0789. The third-order valence-electron chi connectivity index (χ3n) is 5.40. The summed E-state index contributed by atoms with van der Waals surface area (Å²) in [5.74, 6) is 4.49. The summed E-state index contributed by atoms with van der Waals surface area (Å²) >= 11 is 0. The fourth-order valence-electron chi connectivity index (χ4n) is 4.83. The normalized spacial score (nSPS) is 39.0. The highest BCUT2D eigenvalue weighted by Gasteiger charge is 2.49. The average molecular weight is 253 g/mol. The number of benzene rings is 1. The lowest BCUT2D eigenvalue weighted by Gasteiger charge is -2.53. The minimum Gasteiger partial charge on any atom is -0.490 e. The van der Waals surface area contributed by atoms with Crippen LogP contribution in [0, 0.1) is 35.0 Å². The van der Waals surface area contributed by atoms with Crippen LogP contribution in [0.1, 0.15) is 37.7 Å². The van der Waals surface area contributed by atoms with Crippen LogP contribution < -0.4 is 4.74 Å². The number of rotatable bonds is 2. The van der Waals surface area contributed by atoms with Gasteiger partial charge >= 0.3 is 0 Å². The molecule has 2 heteroatoms. The van der Waals surface area contributed by atoms with Crippen molar-refractivity contribution in [3.63, 3.8) is 0 Å². The smallest absolute Gasteiger partial charge is 0.119 e. The maximum atomic E-state index is 8.82. The molecule has 1 aromatic carbocycles. The van der Waals surface area contributed by atoms with E-state index in [4.69, 9.17) is 10.00 Å². The summed E-state index contributed by atoms with van der Waals surface area (Å²) in [7, 11) is 0. The molecule has 5 rings (SSSR count). The Morgan fingerprint density at radius 1 is 0.895 bits per heavy atom. The first-order chi connectivity index (χ1) is 9.31. The molecule has 0 aromatic heterocycles. The highest BCUT2D eigenvalue weighted by atomic mass is 16.5. The molecule has 0 heterocycles. The van der Waals surface area contributed by atoms with Crippen molar-refractivity contribution < 1.29 is 4.74 Å². The zero-order valence-electron chi connectivity index (χ0n) is 11.1. The van der Waals surface area contributed by atoms with E-state index in [0.717, 1.165) is 29.4 Å². The maximum absolute atomic E-state index is 8.82. The van der Waals surface area contributed by atoms with Gasteiger partial charge in [-0.05, 0) is 80.0 Å². The van der Waals surface area contributed by atoms with Crippen molar-refractivity contribution in [3.8, 4) is 11.8 Å². The van der Waals surface area contributed by atoms with Crippen LogP contribution in [0.25, 0.3) is 0 Å². The van der Waals surface area contributed by atoms with E-state index in [1.54, 1.807) is 0 Å². The topological polar surface area (TPSA) is 33.0 Å². The van der Waals surface area contributed by atoms with Crippen LogP contribution in [-0.2, 0) is 0 Å². The van der Waals surface area contributed by atoms with Crippen molar-refractivity contribution in [2.45, 2.75) is 38.2 Å². The first-order valence-electron chi connectivity index (χ1n) is 7.48. The first kappa shape index (κ1) is 11.3. The molecule has 0 N–H and O–H groups in total. The van der Waals surface area contributed by atoms with Gasteiger partial charge in [0, 0.05) is 0 Å². The Labute approximate surface area is 114 Å². The summed E-state index contributed by atoms with van der Waals surface area (Å²) in [6.07, 6.45) is 7.45. The molecule has 0 radical (unpaired) electrons. The molecule has 4 bridgehead atoms. The molecule has 4 aliphatic rings. The van der Waals surface area contributed by atoms with E-state index in [-0.39, 0.29) is 0 Å². The minimum absolute atomic E-state index is 0.431. The van der Waals surface area contributed by atoms with Gasteiger partial charge in [-0.1, -0.05) is 0 Å². The van der Waals surface area contributed by atoms with Crippen LogP contribution in [-0.4, -0.2) is 6.10 Å². The number of ether oxygens (including phenoxy) is 1. The summed E-state index contributed by atoms with van der Waals surface area (Å²) in [5.41, 5.74) is 0.706. The molecule has 2 nitrogen and oxygen atoms in total. The van der Waals surface area contributed by atoms with Crippen LogP contribution in [0.2, 0.25) is 0 Å². The molecule has 0 unspecified atom stereocenters. The fourth-order valence-corrected chi connectivity index (χ4v) is 4.83. The molecule has 19 heavy (non-hydrogen) atoms. The molecule has 0 amide bonds. The van der Waals surface area contributed by atoms with Crippen molar-refractivity contribution in [1.82, 2.24) is 0 Å². The molecule has 0 aliphatic heterocycles. The van der Waals surface area contributed by atoms with Crippen LogP contribution in [0.15, 0.2) is 24.3 Å². The predicted molar refractivity (Wildman–Crippen MR) is 72.6 cm³/mol. The molecule has 1 aromatic rings. The highest BCUT2D eigenvalue weighted by molar-refractivity contribution is 5.34. The second-order valence-electron chi connectivity index (χ2n) is 6.65. The maximum Gasteiger partial charge on any atom is 0.119 e. The van der Waals surface area contributed by atoms with Crippen molar-refractivity contribution in [3.05, 3.63) is 29.8 Å². The van der Waals surface area contributed by atoms with Gasteiger partial charge in [-0.25, -0.2) is 0 Å². The standard InChI is InChI=1S/C17H19NO/c18-10-11-1-3-16(4-2-11)19-17-14-6-12-5-13(8-14)9-15(17)7-12/h1-4,12-15,17H,5-9H2. The van der Waals surface area contributed by atoms with Gasteiger partial charge in [-0.15, -0.1) is 0 Å². The van der Waals surface area contributed by atoms with Crippen LogP contribution >= 0.6 is 0 Å². The van der Waals surface area contributed by atoms with Gasteiger partial charge in [0.1, 0.15) is 11.9 Å². The Balaban J connectivity index is 1.52. The van der Waals surface area contributed by atoms with Gasteiger partial charge in [-0.3, -0.25) is 0 Å². The summed E-state index contributed by atoms with van der Waals surface area (Å²) in [6.45, 7) is 0. The van der Waals surface area contributed by atoms with Crippen LogP contribution in [0.5, 0.6) is 5.75 Å². The Morgan fingerprint density at radius 3 is 2.00 bits per heavy atom. The highest BCUT2D eigenvalue weighted by Crippen LogP contribution is 2.54. The lowest BCUT2D eigenvalue weighted by atomic mass is 9.55. The Hall–Kier alpha value is -1.49. The predicted octanol–water partition coefficient (Wildman–Crippen LogP) is 3.76. The van der Waals surface area contributed by atoms with Gasteiger partial charge in [0.15, 0.2) is 0 Å². The van der Waals surface area contributed by atoms with Crippen LogP contribution in [0.4, 0.5) is 0 Å². The molecular weight excluding hydrogens is 234 g/mol. The summed E-state index contributed by atoms with van der Waals surface area (Å²) in [4.78, 5) is 0. The molecule has 98 valence electrons. The average Bonchev–Trinajstić information content (AvgIpc) is 2.43. The Kier molecular flexibility index (Phi) is 2.55. The zero-order valence-corrected chi connectivity index (χ0v) is 11.1. The Morgan fingerprint density at radius 2 is 1.47 bits per heavy atom. The van der Waals surface area contributed by atoms with Crippen molar-refractivity contribution in [2.75, 3.05) is 0 Å². The monoisotopic (exact) mass is 253 g/mol. The van der Waals surface area contributed by atoms with E-state index >= 15 is 0 Å². The van der Waals surface area contributed by atoms with Gasteiger partial charge < -0.3 is 4.74 Å². The van der Waals surface area contributed by atoms with E-state index in [0.29, 0.717) is 11.7 Å². The van der Waals surface area contributed by atoms with Crippen molar-refractivity contribution in [2.24, 2.45) is 23.7 Å². The molecule has 4 saturated carbocycles. The Bertz CT molecular complexity index is 485. The number of nitrogens with zero attached hydrogens (tertiary/aromatic N) is 1. The van der Waals surface area contributed by atoms with Gasteiger partial charge in [0.05, 0.1) is 11.6 Å². The molecular formula is C17H19NO. The molecule has 4 aliphatic carbocycles. The summed E-state index contributed by atoms with van der Waals surface area (Å²) in [5, 5.41) is 8.82. The van der Waals surface area contributed by atoms with Gasteiger partial charge in [0.2, 0.25) is 0 Å². The second kappa shape index (κ2) is 4.27. The van der Waals surface area contributed by atoms with E-state index in [1.165, 1.54) is 32.1 Å². The largest absolute Gasteiger partial charge is 0.490 e. The van der Waals surface area contributed by atoms with Crippen molar-refractivity contribution in [1.29, 1.82) is 5.26 Å². The van der Waals surface area contributed by atoms with E-state index in [2.05, 4.69) is 6.07 Å². The fraction of sp³-hybridized carbons (Fsp3) is 0.588. The summed E-state index contributed by atoms with van der Waals surface area (Å²) in [6, 6.07) is 9.75. The van der Waals surface area contributed by atoms with Gasteiger partial charge in [0.25, 0.3) is 0 Å². The number of hydrogen-bond acceptors (Lipinski definition) is 2. The lowest BCUT2D eigenvalue weighted by Crippen LogP contribution is -2.50. The van der Waals surface area contributed by atoms with Gasteiger partial charge in [-0.2, -0.15) is 5.26 Å². The van der Waals surface area contributed by atoms with E-state index < -0.39 is 0 Å². The quantitative estimate of drug-likeness (QED) is 0.804. The number of nitriles is 1. The number of hydrogen-bond donors (Lipinski definition) is 0. The van der Waals surface area contributed by atoms with E-state index in [9.17, 15) is 0 Å². The molecule has 4 fully saturated rings. The zero-order chi connectivity index (χ0) is 12.8. The molecule has 0 atom stereocenters. The van der Waals surface area contributed by atoms with E-state index in [1.807, 2.05) is 24.3 Å². The third kappa shape index (κ3) is 1.92. The minimum atomic E-state index is 0.431. The molecule has 0 spiro atoms.